The molecule has 0 aliphatic carbocycles. The molecule has 0 spiro atoms. The maximum atomic E-state index is 12.7. The highest BCUT2D eigenvalue weighted by molar-refractivity contribution is 5.95. The Morgan fingerprint density at radius 1 is 1.29 bits per heavy atom. The summed E-state index contributed by atoms with van der Waals surface area (Å²) in [5.41, 5.74) is 0.995. The van der Waals surface area contributed by atoms with Gasteiger partial charge < -0.3 is 15.0 Å². The molecule has 0 saturated carbocycles. The van der Waals surface area contributed by atoms with Crippen molar-refractivity contribution in [2.75, 3.05) is 13.2 Å². The summed E-state index contributed by atoms with van der Waals surface area (Å²) in [6.07, 6.45) is 0.723. The van der Waals surface area contributed by atoms with E-state index in [9.17, 15) is 9.59 Å². The van der Waals surface area contributed by atoms with Crippen LogP contribution in [-0.2, 0) is 9.59 Å². The monoisotopic (exact) mass is 288 g/mol. The first-order valence-electron chi connectivity index (χ1n) is 7.39. The van der Waals surface area contributed by atoms with Gasteiger partial charge >= 0.3 is 0 Å². The van der Waals surface area contributed by atoms with Crippen molar-refractivity contribution in [2.24, 2.45) is 5.92 Å². The molecule has 2 heterocycles. The Labute approximate surface area is 124 Å². The first-order chi connectivity index (χ1) is 10.1. The molecule has 1 fully saturated rings. The second kappa shape index (κ2) is 5.39. The molecule has 21 heavy (non-hydrogen) atoms. The first kappa shape index (κ1) is 13.9. The van der Waals surface area contributed by atoms with E-state index in [1.807, 2.05) is 38.1 Å². The second-order valence-electron chi connectivity index (χ2n) is 5.95. The van der Waals surface area contributed by atoms with Gasteiger partial charge in [-0.2, -0.15) is 0 Å². The SMILES string of the molecule is CC(C)C1NC(=O)CN(C2CCOc3ccccc32)C1=O. The summed E-state index contributed by atoms with van der Waals surface area (Å²) < 4.78 is 5.64. The average molecular weight is 288 g/mol. The Balaban J connectivity index is 1.93. The van der Waals surface area contributed by atoms with Crippen molar-refractivity contribution >= 4 is 11.8 Å². The van der Waals surface area contributed by atoms with E-state index in [0.717, 1.165) is 17.7 Å². The maximum absolute atomic E-state index is 12.7. The molecule has 2 amide bonds. The third-order valence-electron chi connectivity index (χ3n) is 4.15. The second-order valence-corrected chi connectivity index (χ2v) is 5.95. The zero-order valence-corrected chi connectivity index (χ0v) is 12.3. The molecular weight excluding hydrogens is 268 g/mol. The molecule has 2 unspecified atom stereocenters. The smallest absolute Gasteiger partial charge is 0.246 e. The Kier molecular flexibility index (Phi) is 3.57. The molecule has 1 N–H and O–H groups in total. The molecular formula is C16H20N2O3. The molecule has 112 valence electrons. The van der Waals surface area contributed by atoms with E-state index in [2.05, 4.69) is 5.32 Å². The third-order valence-corrected chi connectivity index (χ3v) is 4.15. The van der Waals surface area contributed by atoms with Gasteiger partial charge in [-0.3, -0.25) is 9.59 Å². The van der Waals surface area contributed by atoms with Gasteiger partial charge in [-0.1, -0.05) is 32.0 Å². The Hall–Kier alpha value is -2.04. The van der Waals surface area contributed by atoms with Gasteiger partial charge in [0.15, 0.2) is 0 Å². The third kappa shape index (κ3) is 2.48. The summed E-state index contributed by atoms with van der Waals surface area (Å²) in [5, 5.41) is 2.80. The van der Waals surface area contributed by atoms with Crippen LogP contribution in [0.25, 0.3) is 0 Å². The fourth-order valence-corrected chi connectivity index (χ4v) is 3.05. The van der Waals surface area contributed by atoms with Crippen LogP contribution in [0.1, 0.15) is 31.9 Å². The maximum Gasteiger partial charge on any atom is 0.246 e. The molecule has 0 radical (unpaired) electrons. The molecule has 3 rings (SSSR count). The van der Waals surface area contributed by atoms with E-state index in [-0.39, 0.29) is 30.3 Å². The van der Waals surface area contributed by atoms with E-state index < -0.39 is 6.04 Å². The average Bonchev–Trinajstić information content (AvgIpc) is 2.48. The fourth-order valence-electron chi connectivity index (χ4n) is 3.05. The van der Waals surface area contributed by atoms with Gasteiger partial charge in [0.25, 0.3) is 0 Å². The lowest BCUT2D eigenvalue weighted by Crippen LogP contribution is -2.60. The van der Waals surface area contributed by atoms with Crippen LogP contribution in [0, 0.1) is 5.92 Å². The number of nitrogens with one attached hydrogen (secondary N) is 1. The van der Waals surface area contributed by atoms with Crippen molar-refractivity contribution in [1.29, 1.82) is 0 Å². The number of hydrogen-bond acceptors (Lipinski definition) is 3. The largest absolute Gasteiger partial charge is 0.493 e. The standard InChI is InChI=1S/C16H20N2O3/c1-10(2)15-16(20)18(9-14(19)17-15)12-7-8-21-13-6-4-3-5-11(12)13/h3-6,10,12,15H,7-9H2,1-2H3,(H,17,19). The van der Waals surface area contributed by atoms with Crippen LogP contribution in [0.4, 0.5) is 0 Å². The van der Waals surface area contributed by atoms with Crippen LogP contribution in [0.5, 0.6) is 5.75 Å². The molecule has 1 aromatic carbocycles. The summed E-state index contributed by atoms with van der Waals surface area (Å²) in [6, 6.07) is 7.24. The van der Waals surface area contributed by atoms with Crippen LogP contribution in [0.2, 0.25) is 0 Å². The van der Waals surface area contributed by atoms with Crippen LogP contribution in [0.3, 0.4) is 0 Å². The summed E-state index contributed by atoms with van der Waals surface area (Å²) in [7, 11) is 0. The number of para-hydroxylation sites is 1. The van der Waals surface area contributed by atoms with Crippen molar-refractivity contribution in [1.82, 2.24) is 10.2 Å². The van der Waals surface area contributed by atoms with Crippen molar-refractivity contribution in [2.45, 2.75) is 32.4 Å². The number of hydrogen-bond donors (Lipinski definition) is 1. The van der Waals surface area contributed by atoms with Gasteiger partial charge in [-0.05, 0) is 12.0 Å². The zero-order valence-electron chi connectivity index (χ0n) is 12.3. The van der Waals surface area contributed by atoms with Crippen LogP contribution in [-0.4, -0.2) is 35.9 Å². The number of ether oxygens (including phenoxy) is 1. The number of rotatable bonds is 2. The number of carbonyl (C=O) groups excluding carboxylic acids is 2. The lowest BCUT2D eigenvalue weighted by molar-refractivity contribution is -0.148. The summed E-state index contributed by atoms with van der Waals surface area (Å²) >= 11 is 0. The lowest BCUT2D eigenvalue weighted by Gasteiger charge is -2.41. The number of fused-ring (bicyclic) bond motifs is 1. The van der Waals surface area contributed by atoms with E-state index in [0.29, 0.717) is 6.61 Å². The zero-order chi connectivity index (χ0) is 15.0. The fraction of sp³-hybridized carbons (Fsp3) is 0.500. The van der Waals surface area contributed by atoms with Gasteiger partial charge in [-0.15, -0.1) is 0 Å². The first-order valence-corrected chi connectivity index (χ1v) is 7.39. The van der Waals surface area contributed by atoms with Crippen LogP contribution >= 0.6 is 0 Å². The highest BCUT2D eigenvalue weighted by atomic mass is 16.5. The number of amides is 2. The minimum Gasteiger partial charge on any atom is -0.493 e. The minimum absolute atomic E-state index is 0.00584. The van der Waals surface area contributed by atoms with E-state index in [4.69, 9.17) is 4.74 Å². The molecule has 5 heteroatoms. The molecule has 1 aromatic rings. The number of carbonyl (C=O) groups is 2. The number of benzene rings is 1. The highest BCUT2D eigenvalue weighted by Gasteiger charge is 2.39. The Bertz CT molecular complexity index is 570. The molecule has 0 bridgehead atoms. The number of piperazine rings is 1. The van der Waals surface area contributed by atoms with Gasteiger partial charge in [0.1, 0.15) is 18.3 Å². The van der Waals surface area contributed by atoms with E-state index in [1.54, 1.807) is 4.90 Å². The topological polar surface area (TPSA) is 58.6 Å². The van der Waals surface area contributed by atoms with E-state index >= 15 is 0 Å². The predicted molar refractivity (Wildman–Crippen MR) is 77.8 cm³/mol. The van der Waals surface area contributed by atoms with E-state index in [1.165, 1.54) is 0 Å². The van der Waals surface area contributed by atoms with Crippen molar-refractivity contribution in [3.05, 3.63) is 29.8 Å². The normalized spacial score (nSPS) is 25.4. The van der Waals surface area contributed by atoms with Crippen LogP contribution < -0.4 is 10.1 Å². The molecule has 0 aromatic heterocycles. The highest BCUT2D eigenvalue weighted by Crippen LogP contribution is 2.36. The predicted octanol–water partition coefficient (Wildman–Crippen LogP) is 1.49. The molecule has 1 saturated heterocycles. The van der Waals surface area contributed by atoms with Gasteiger partial charge in [0, 0.05) is 12.0 Å². The Morgan fingerprint density at radius 2 is 2.05 bits per heavy atom. The Morgan fingerprint density at radius 3 is 2.81 bits per heavy atom. The molecule has 2 aliphatic heterocycles. The quantitative estimate of drug-likeness (QED) is 0.897. The lowest BCUT2D eigenvalue weighted by atomic mass is 9.94. The summed E-state index contributed by atoms with van der Waals surface area (Å²) in [5.74, 6) is 0.816. The van der Waals surface area contributed by atoms with Gasteiger partial charge in [0.2, 0.25) is 11.8 Å². The van der Waals surface area contributed by atoms with Crippen molar-refractivity contribution in [3.63, 3.8) is 0 Å². The van der Waals surface area contributed by atoms with Gasteiger partial charge in [-0.25, -0.2) is 0 Å². The van der Waals surface area contributed by atoms with Crippen LogP contribution in [0.15, 0.2) is 24.3 Å². The number of nitrogens with zero attached hydrogens (tertiary/aromatic N) is 1. The molecule has 5 nitrogen and oxygen atoms in total. The molecule has 2 atom stereocenters. The minimum atomic E-state index is -0.429. The van der Waals surface area contributed by atoms with Gasteiger partial charge in [0.05, 0.1) is 12.6 Å². The molecule has 2 aliphatic rings. The summed E-state index contributed by atoms with van der Waals surface area (Å²) in [4.78, 5) is 26.4. The summed E-state index contributed by atoms with van der Waals surface area (Å²) in [6.45, 7) is 4.59. The van der Waals surface area contributed by atoms with Crippen molar-refractivity contribution in [3.8, 4) is 5.75 Å². The van der Waals surface area contributed by atoms with Crippen molar-refractivity contribution < 1.29 is 14.3 Å².